The molecule has 4 aromatic rings. The maximum Gasteiger partial charge on any atom is 1.00 e. The number of carboxylic acids is 1. The van der Waals surface area contributed by atoms with Gasteiger partial charge < -0.3 is 24.1 Å². The molecule has 3 aromatic carbocycles. The first-order valence-electron chi connectivity index (χ1n) is 10.4. The number of ketones is 1. The first kappa shape index (κ1) is 25.8. The Morgan fingerprint density at radius 1 is 1.00 bits per heavy atom. The van der Waals surface area contributed by atoms with Crippen molar-refractivity contribution >= 4 is 40.1 Å². The largest absolute Gasteiger partial charge is 1.00 e. The maximum atomic E-state index is 14.4. The molecule has 0 bridgehead atoms. The summed E-state index contributed by atoms with van der Waals surface area (Å²) < 4.78 is 38.3. The molecule has 0 atom stereocenters. The topological polar surface area (TPSA) is 111 Å². The molecule has 0 aliphatic carbocycles. The molecule has 0 unspecified atom stereocenters. The van der Waals surface area contributed by atoms with E-state index >= 15 is 0 Å². The number of carbonyl (C=O) groups is 2. The average Bonchev–Trinajstić information content (AvgIpc) is 3.51. The smallest absolute Gasteiger partial charge is 0.545 e. The molecule has 36 heavy (non-hydrogen) atoms. The molecule has 0 saturated heterocycles. The van der Waals surface area contributed by atoms with E-state index in [1.165, 1.54) is 43.5 Å². The molecule has 176 valence electrons. The Kier molecular flexibility index (Phi) is 7.70. The van der Waals surface area contributed by atoms with Crippen molar-refractivity contribution in [3.05, 3.63) is 82.7 Å². The van der Waals surface area contributed by atoms with Crippen LogP contribution in [0, 0.1) is 5.82 Å². The number of methoxy groups -OCH3 is 1. The number of aliphatic carboxylic acids is 1. The Labute approximate surface area is 230 Å². The van der Waals surface area contributed by atoms with Gasteiger partial charge in [0.25, 0.3) is 0 Å². The second-order valence-corrected chi connectivity index (χ2v) is 8.18. The molecular formula is C25H16FN2NaO6S. The monoisotopic (exact) mass is 514 g/mol. The summed E-state index contributed by atoms with van der Waals surface area (Å²) in [6.07, 6.45) is -0.176. The molecule has 0 radical (unpaired) electrons. The zero-order chi connectivity index (χ0) is 24.5. The summed E-state index contributed by atoms with van der Waals surface area (Å²) in [5.41, 5.74) is 1.46. The molecule has 0 saturated carbocycles. The molecule has 1 aromatic heterocycles. The number of benzene rings is 3. The predicted octanol–water partition coefficient (Wildman–Crippen LogP) is 0.201. The SMILES string of the molecule is COc1ccc(CC(C(=O)c2ccc3c(c2)OCO3)=C(C(=O)[O-])c2ccc3nsnc3c2)cc1F.[Na+]. The number of nitrogens with zero attached hydrogens (tertiary/aromatic N) is 2. The number of halogens is 1. The number of allylic oxidation sites excluding steroid dienone is 1. The summed E-state index contributed by atoms with van der Waals surface area (Å²) in [7, 11) is 1.34. The summed E-state index contributed by atoms with van der Waals surface area (Å²) >= 11 is 0.987. The van der Waals surface area contributed by atoms with E-state index in [1.54, 1.807) is 18.2 Å². The second kappa shape index (κ2) is 10.8. The van der Waals surface area contributed by atoms with Crippen LogP contribution < -0.4 is 48.9 Å². The standard InChI is InChI=1S/C25H17FN2O6S.Na/c1-32-20-6-2-13(9-17(20)26)8-16(24(29)15-4-7-21-22(11-15)34-12-33-21)23(25(30)31)14-3-5-18-19(10-14)28-35-27-18;/h2-7,9-11H,8,12H2,1H3,(H,30,31);/q;+1/p-1. The third kappa shape index (κ3) is 4.98. The number of ether oxygens (including phenoxy) is 3. The second-order valence-electron chi connectivity index (χ2n) is 7.65. The van der Waals surface area contributed by atoms with Gasteiger partial charge in [-0.1, -0.05) is 12.1 Å². The van der Waals surface area contributed by atoms with Crippen molar-refractivity contribution in [3.63, 3.8) is 0 Å². The van der Waals surface area contributed by atoms with Crippen molar-refractivity contribution in [1.82, 2.24) is 8.75 Å². The average molecular weight is 514 g/mol. The Hall–Kier alpha value is -3.31. The third-order valence-electron chi connectivity index (χ3n) is 5.55. The van der Waals surface area contributed by atoms with Crippen molar-refractivity contribution in [1.29, 1.82) is 0 Å². The van der Waals surface area contributed by atoms with Gasteiger partial charge in [-0.25, -0.2) is 4.39 Å². The van der Waals surface area contributed by atoms with E-state index in [4.69, 9.17) is 14.2 Å². The van der Waals surface area contributed by atoms with Crippen molar-refractivity contribution < 1.29 is 62.9 Å². The number of carboxylic acid groups (broad SMARTS) is 1. The van der Waals surface area contributed by atoms with Crippen molar-refractivity contribution in [2.24, 2.45) is 0 Å². The van der Waals surface area contributed by atoms with E-state index in [-0.39, 0.29) is 70.8 Å². The van der Waals surface area contributed by atoms with E-state index in [2.05, 4.69) is 8.75 Å². The molecule has 0 fully saturated rings. The van der Waals surface area contributed by atoms with Crippen LogP contribution in [0.5, 0.6) is 17.2 Å². The summed E-state index contributed by atoms with van der Waals surface area (Å²) in [5.74, 6) is -1.88. The van der Waals surface area contributed by atoms with E-state index in [0.29, 0.717) is 28.1 Å². The van der Waals surface area contributed by atoms with Gasteiger partial charge in [0.05, 0.1) is 24.8 Å². The third-order valence-corrected chi connectivity index (χ3v) is 6.11. The first-order valence-corrected chi connectivity index (χ1v) is 11.1. The van der Waals surface area contributed by atoms with E-state index in [1.807, 2.05) is 0 Å². The molecule has 1 aliphatic heterocycles. The van der Waals surface area contributed by atoms with Crippen LogP contribution in [0.4, 0.5) is 4.39 Å². The van der Waals surface area contributed by atoms with Crippen LogP contribution in [0.2, 0.25) is 0 Å². The van der Waals surface area contributed by atoms with Crippen LogP contribution in [-0.4, -0.2) is 34.4 Å². The number of fused-ring (bicyclic) bond motifs is 2. The van der Waals surface area contributed by atoms with E-state index in [0.717, 1.165) is 11.7 Å². The molecule has 0 amide bonds. The normalized spacial score (nSPS) is 12.6. The van der Waals surface area contributed by atoms with Crippen molar-refractivity contribution in [2.75, 3.05) is 13.9 Å². The number of hydrogen-bond donors (Lipinski definition) is 0. The molecule has 8 nitrogen and oxygen atoms in total. The van der Waals surface area contributed by atoms with E-state index < -0.39 is 17.6 Å². The minimum atomic E-state index is -1.55. The van der Waals surface area contributed by atoms with Crippen LogP contribution in [0.15, 0.2) is 60.2 Å². The molecule has 11 heteroatoms. The van der Waals surface area contributed by atoms with Gasteiger partial charge in [-0.3, -0.25) is 4.79 Å². The molecule has 2 heterocycles. The quantitative estimate of drug-likeness (QED) is 0.196. The minimum Gasteiger partial charge on any atom is -0.545 e. The number of aromatic nitrogens is 2. The Bertz CT molecular complexity index is 1520. The van der Waals surface area contributed by atoms with Gasteiger partial charge >= 0.3 is 29.6 Å². The van der Waals surface area contributed by atoms with Gasteiger partial charge in [0.15, 0.2) is 28.8 Å². The Morgan fingerprint density at radius 2 is 1.75 bits per heavy atom. The zero-order valence-corrected chi connectivity index (χ0v) is 22.1. The van der Waals surface area contributed by atoms with Crippen LogP contribution in [0.1, 0.15) is 21.5 Å². The number of hydrogen-bond acceptors (Lipinski definition) is 9. The zero-order valence-electron chi connectivity index (χ0n) is 19.2. The van der Waals surface area contributed by atoms with Gasteiger partial charge in [0.1, 0.15) is 11.0 Å². The van der Waals surface area contributed by atoms with Crippen LogP contribution in [0.25, 0.3) is 16.6 Å². The summed E-state index contributed by atoms with van der Waals surface area (Å²) in [6, 6.07) is 13.5. The van der Waals surface area contributed by atoms with Gasteiger partial charge in [-0.15, -0.1) is 0 Å². The molecule has 0 spiro atoms. The molecule has 1 aliphatic rings. The number of rotatable bonds is 7. The van der Waals surface area contributed by atoms with Crippen molar-refractivity contribution in [2.45, 2.75) is 6.42 Å². The maximum absolute atomic E-state index is 14.4. The summed E-state index contributed by atoms with van der Waals surface area (Å²) in [4.78, 5) is 26.1. The van der Waals surface area contributed by atoms with Gasteiger partial charge in [0, 0.05) is 23.1 Å². The minimum absolute atomic E-state index is 0. The summed E-state index contributed by atoms with van der Waals surface area (Å²) in [5, 5.41) is 12.4. The van der Waals surface area contributed by atoms with Crippen LogP contribution in [-0.2, 0) is 11.2 Å². The fraction of sp³-hybridized carbons (Fsp3) is 0.120. The predicted molar refractivity (Wildman–Crippen MR) is 123 cm³/mol. The van der Waals surface area contributed by atoms with Gasteiger partial charge in [-0.2, -0.15) is 8.75 Å². The van der Waals surface area contributed by atoms with Crippen molar-refractivity contribution in [3.8, 4) is 17.2 Å². The molecule has 0 N–H and O–H groups in total. The van der Waals surface area contributed by atoms with Crippen LogP contribution in [0.3, 0.4) is 0 Å². The number of carbonyl (C=O) groups excluding carboxylic acids is 2. The molecule has 5 rings (SSSR count). The summed E-state index contributed by atoms with van der Waals surface area (Å²) in [6.45, 7) is 0.0206. The molecular weight excluding hydrogens is 498 g/mol. The van der Waals surface area contributed by atoms with Gasteiger partial charge in [0.2, 0.25) is 6.79 Å². The van der Waals surface area contributed by atoms with Gasteiger partial charge in [-0.05, 0) is 53.6 Å². The first-order chi connectivity index (χ1) is 16.9. The fourth-order valence-electron chi connectivity index (χ4n) is 3.87. The van der Waals surface area contributed by atoms with E-state index in [9.17, 15) is 19.1 Å². The van der Waals surface area contributed by atoms with Crippen LogP contribution >= 0.6 is 11.7 Å². The fourth-order valence-corrected chi connectivity index (χ4v) is 4.39. The Morgan fingerprint density at radius 3 is 2.50 bits per heavy atom. The number of Topliss-reactive ketones (excluding diaryl/α,β-unsaturated/α-hetero) is 1. The Balaban J connectivity index is 0.00000304.